The number of carbonyl (C=O) groups is 1. The number of ether oxygens (including phenoxy) is 1. The summed E-state index contributed by atoms with van der Waals surface area (Å²) in [6, 6.07) is 3.60. The van der Waals surface area contributed by atoms with E-state index in [1.807, 2.05) is 13.0 Å². The second-order valence-electron chi connectivity index (χ2n) is 5.24. The first-order chi connectivity index (χ1) is 11.3. The molecule has 0 aliphatic carbocycles. The second kappa shape index (κ2) is 6.15. The van der Waals surface area contributed by atoms with Crippen LogP contribution in [0, 0.1) is 6.92 Å². The van der Waals surface area contributed by atoms with Gasteiger partial charge in [0.05, 0.1) is 6.61 Å². The van der Waals surface area contributed by atoms with Crippen molar-refractivity contribution >= 4 is 48.6 Å². The number of nitrogens with zero attached hydrogens (tertiary/aromatic N) is 1. The fourth-order valence-corrected chi connectivity index (χ4v) is 4.04. The van der Waals surface area contributed by atoms with Gasteiger partial charge in [0.25, 0.3) is 10.1 Å². The highest BCUT2D eigenvalue weighted by atomic mass is 32.2. The number of fused-ring (bicyclic) bond motifs is 2. The summed E-state index contributed by atoms with van der Waals surface area (Å²) in [5, 5.41) is 1.50. The van der Waals surface area contributed by atoms with Gasteiger partial charge in [-0.05, 0) is 6.92 Å². The topological polar surface area (TPSA) is 97.7 Å². The Labute approximate surface area is 142 Å². The lowest BCUT2D eigenvalue weighted by Crippen LogP contribution is -2.38. The molecule has 0 bridgehead atoms. The lowest BCUT2D eigenvalue weighted by atomic mass is 10.1. The summed E-state index contributed by atoms with van der Waals surface area (Å²) in [7, 11) is -4.06. The zero-order valence-corrected chi connectivity index (χ0v) is 14.7. The molecule has 0 saturated carbocycles. The van der Waals surface area contributed by atoms with Gasteiger partial charge in [0.15, 0.2) is 6.54 Å². The van der Waals surface area contributed by atoms with Gasteiger partial charge in [0.2, 0.25) is 10.5 Å². The molecule has 0 saturated heterocycles. The van der Waals surface area contributed by atoms with Gasteiger partial charge in [-0.3, -0.25) is 4.55 Å². The van der Waals surface area contributed by atoms with E-state index in [0.29, 0.717) is 16.5 Å². The van der Waals surface area contributed by atoms with Crippen LogP contribution in [0.3, 0.4) is 0 Å². The number of carbonyl (C=O) groups excluding carboxylic acids is 1. The first kappa shape index (κ1) is 16.9. The molecule has 0 atom stereocenters. The van der Waals surface area contributed by atoms with Crippen molar-refractivity contribution in [3.63, 3.8) is 0 Å². The number of aromatic nitrogens is 1. The van der Waals surface area contributed by atoms with Crippen molar-refractivity contribution < 1.29 is 31.5 Å². The third kappa shape index (κ3) is 3.14. The maximum Gasteiger partial charge on any atom is 0.342 e. The molecule has 0 unspecified atom stereocenters. The SMILES string of the molecule is CCOC(=O)c1coc2cc3sc(C)[n+](CCS(=O)(=O)O)c3cc12. The van der Waals surface area contributed by atoms with Crippen LogP contribution in [0.5, 0.6) is 0 Å². The van der Waals surface area contributed by atoms with Gasteiger partial charge < -0.3 is 9.15 Å². The van der Waals surface area contributed by atoms with Crippen LogP contribution in [-0.2, 0) is 21.4 Å². The van der Waals surface area contributed by atoms with Crippen LogP contribution in [0.1, 0.15) is 22.3 Å². The molecule has 0 amide bonds. The maximum atomic E-state index is 12.0. The molecular weight excluding hydrogens is 354 g/mol. The molecule has 1 aromatic carbocycles. The summed E-state index contributed by atoms with van der Waals surface area (Å²) in [4.78, 5) is 12.0. The third-order valence-electron chi connectivity index (χ3n) is 3.65. The fraction of sp³-hybridized carbons (Fsp3) is 0.333. The first-order valence-electron chi connectivity index (χ1n) is 7.26. The van der Waals surface area contributed by atoms with E-state index >= 15 is 0 Å². The van der Waals surface area contributed by atoms with Crippen LogP contribution >= 0.6 is 11.3 Å². The van der Waals surface area contributed by atoms with Crippen LogP contribution in [0.2, 0.25) is 0 Å². The molecule has 128 valence electrons. The average molecular weight is 370 g/mol. The highest BCUT2D eigenvalue weighted by molar-refractivity contribution is 7.85. The van der Waals surface area contributed by atoms with Crippen molar-refractivity contribution in [1.29, 1.82) is 0 Å². The smallest absolute Gasteiger partial charge is 0.342 e. The van der Waals surface area contributed by atoms with E-state index in [-0.39, 0.29) is 18.9 Å². The molecule has 3 rings (SSSR count). The Kier molecular flexibility index (Phi) is 4.33. The zero-order chi connectivity index (χ0) is 17.5. The van der Waals surface area contributed by atoms with Crippen LogP contribution in [-0.4, -0.2) is 31.3 Å². The van der Waals surface area contributed by atoms with Crippen molar-refractivity contribution in [3.05, 3.63) is 29.0 Å². The van der Waals surface area contributed by atoms with E-state index in [1.54, 1.807) is 17.6 Å². The summed E-state index contributed by atoms with van der Waals surface area (Å²) in [5.41, 5.74) is 1.67. The van der Waals surface area contributed by atoms with Gasteiger partial charge in [0.1, 0.15) is 27.9 Å². The lowest BCUT2D eigenvalue weighted by molar-refractivity contribution is -0.668. The molecule has 0 spiro atoms. The highest BCUT2D eigenvalue weighted by Crippen LogP contribution is 2.29. The van der Waals surface area contributed by atoms with Crippen molar-refractivity contribution in [1.82, 2.24) is 0 Å². The molecule has 2 aromatic heterocycles. The summed E-state index contributed by atoms with van der Waals surface area (Å²) in [6.07, 6.45) is 1.36. The summed E-state index contributed by atoms with van der Waals surface area (Å²) >= 11 is 1.48. The Morgan fingerprint density at radius 1 is 1.42 bits per heavy atom. The largest absolute Gasteiger partial charge is 0.463 e. The zero-order valence-electron chi connectivity index (χ0n) is 13.1. The Bertz CT molecular complexity index is 1030. The van der Waals surface area contributed by atoms with Gasteiger partial charge in [-0.25, -0.2) is 4.79 Å². The number of rotatable bonds is 5. The normalized spacial score (nSPS) is 12.1. The predicted molar refractivity (Wildman–Crippen MR) is 88.9 cm³/mol. The number of hydrogen-bond acceptors (Lipinski definition) is 6. The summed E-state index contributed by atoms with van der Waals surface area (Å²) in [6.45, 7) is 3.98. The van der Waals surface area contributed by atoms with Gasteiger partial charge in [-0.2, -0.15) is 13.0 Å². The molecular formula is C15H16NO6S2+. The molecule has 0 aliphatic rings. The Morgan fingerprint density at radius 3 is 2.83 bits per heavy atom. The van der Waals surface area contributed by atoms with E-state index in [0.717, 1.165) is 15.2 Å². The van der Waals surface area contributed by atoms with Crippen molar-refractivity contribution in [2.24, 2.45) is 0 Å². The standard InChI is InChI=1S/C15H15NO6S2/c1-3-21-15(17)11-8-22-13-7-14-12(6-10(11)13)16(9(2)23-14)4-5-24(18,19)20/h6-8H,3-5H2,1-2H3/p+1. The number of furan rings is 1. The quantitative estimate of drug-likeness (QED) is 0.420. The average Bonchev–Trinajstić information content (AvgIpc) is 3.02. The second-order valence-corrected chi connectivity index (χ2v) is 8.05. The minimum absolute atomic E-state index is 0.128. The minimum Gasteiger partial charge on any atom is -0.463 e. The van der Waals surface area contributed by atoms with Gasteiger partial charge in [-0.15, -0.1) is 0 Å². The van der Waals surface area contributed by atoms with Gasteiger partial charge >= 0.3 is 5.97 Å². The van der Waals surface area contributed by atoms with E-state index < -0.39 is 16.1 Å². The van der Waals surface area contributed by atoms with Crippen LogP contribution < -0.4 is 4.57 Å². The molecule has 24 heavy (non-hydrogen) atoms. The van der Waals surface area contributed by atoms with E-state index in [1.165, 1.54) is 17.6 Å². The molecule has 0 radical (unpaired) electrons. The predicted octanol–water partition coefficient (Wildman–Crippen LogP) is 2.31. The van der Waals surface area contributed by atoms with Gasteiger partial charge in [-0.1, -0.05) is 11.3 Å². The lowest BCUT2D eigenvalue weighted by Gasteiger charge is -1.99. The molecule has 1 N–H and O–H groups in total. The molecule has 2 heterocycles. The number of benzene rings is 1. The Hall–Kier alpha value is -1.97. The first-order valence-corrected chi connectivity index (χ1v) is 9.69. The number of esters is 1. The van der Waals surface area contributed by atoms with Crippen molar-refractivity contribution in [2.75, 3.05) is 12.4 Å². The Morgan fingerprint density at radius 2 is 2.17 bits per heavy atom. The van der Waals surface area contributed by atoms with E-state index in [2.05, 4.69) is 0 Å². The van der Waals surface area contributed by atoms with Crippen molar-refractivity contribution in [2.45, 2.75) is 20.4 Å². The number of aryl methyl sites for hydroxylation is 2. The molecule has 3 aromatic rings. The van der Waals surface area contributed by atoms with Gasteiger partial charge in [0, 0.05) is 24.4 Å². The molecule has 7 nitrogen and oxygen atoms in total. The number of hydrogen-bond donors (Lipinski definition) is 1. The molecule has 0 fully saturated rings. The maximum absolute atomic E-state index is 12.0. The minimum atomic E-state index is -4.06. The highest BCUT2D eigenvalue weighted by Gasteiger charge is 2.23. The monoisotopic (exact) mass is 370 g/mol. The fourth-order valence-electron chi connectivity index (χ4n) is 2.57. The van der Waals surface area contributed by atoms with E-state index in [4.69, 9.17) is 13.7 Å². The van der Waals surface area contributed by atoms with E-state index in [9.17, 15) is 13.2 Å². The number of thiazole rings is 1. The summed E-state index contributed by atoms with van der Waals surface area (Å²) in [5.74, 6) is -0.842. The summed E-state index contributed by atoms with van der Waals surface area (Å²) < 4.78 is 44.2. The molecule has 0 aliphatic heterocycles. The van der Waals surface area contributed by atoms with Crippen LogP contribution in [0.4, 0.5) is 0 Å². The molecule has 9 heteroatoms. The van der Waals surface area contributed by atoms with Crippen molar-refractivity contribution in [3.8, 4) is 0 Å². The Balaban J connectivity index is 2.13. The van der Waals surface area contributed by atoms with Crippen LogP contribution in [0.15, 0.2) is 22.8 Å². The van der Waals surface area contributed by atoms with Crippen LogP contribution in [0.25, 0.3) is 21.2 Å². The third-order valence-corrected chi connectivity index (χ3v) is 5.41.